The highest BCUT2D eigenvalue weighted by molar-refractivity contribution is 5.28. The molecule has 4 heteroatoms. The summed E-state index contributed by atoms with van der Waals surface area (Å²) in [5.41, 5.74) is 2.11. The van der Waals surface area contributed by atoms with Crippen molar-refractivity contribution in [3.8, 4) is 0 Å². The molecule has 0 saturated carbocycles. The van der Waals surface area contributed by atoms with Crippen molar-refractivity contribution in [2.75, 3.05) is 18.5 Å². The molecule has 1 N–H and O–H groups in total. The average Bonchev–Trinajstić information content (AvgIpc) is 2.32. The van der Waals surface area contributed by atoms with Gasteiger partial charge in [0.15, 0.2) is 0 Å². The van der Waals surface area contributed by atoms with Gasteiger partial charge < -0.3 is 10.1 Å². The summed E-state index contributed by atoms with van der Waals surface area (Å²) in [7, 11) is 0. The highest BCUT2D eigenvalue weighted by Gasteiger charge is 2.05. The van der Waals surface area contributed by atoms with Gasteiger partial charge in [0.25, 0.3) is 0 Å². The van der Waals surface area contributed by atoms with E-state index in [2.05, 4.69) is 43.0 Å². The van der Waals surface area contributed by atoms with E-state index in [0.29, 0.717) is 12.0 Å². The Bertz CT molecular complexity index is 378. The molecular weight excluding hydrogens is 238 g/mol. The van der Waals surface area contributed by atoms with Gasteiger partial charge in [-0.15, -0.1) is 0 Å². The summed E-state index contributed by atoms with van der Waals surface area (Å²) >= 11 is 0. The third kappa shape index (κ3) is 6.53. The Labute approximate surface area is 117 Å². The number of aromatic nitrogens is 2. The van der Waals surface area contributed by atoms with Crippen LogP contribution in [0.2, 0.25) is 0 Å². The highest BCUT2D eigenvalue weighted by Crippen LogP contribution is 2.14. The molecule has 0 aromatic carbocycles. The molecule has 0 atom stereocenters. The number of unbranched alkanes of at least 4 members (excludes halogenated alkanes) is 1. The van der Waals surface area contributed by atoms with Crippen molar-refractivity contribution in [3.63, 3.8) is 0 Å². The van der Waals surface area contributed by atoms with E-state index in [-0.39, 0.29) is 0 Å². The lowest BCUT2D eigenvalue weighted by Crippen LogP contribution is -2.10. The Morgan fingerprint density at radius 2 is 1.89 bits per heavy atom. The molecule has 0 saturated heterocycles. The summed E-state index contributed by atoms with van der Waals surface area (Å²) in [5, 5.41) is 3.29. The van der Waals surface area contributed by atoms with Crippen LogP contribution in [-0.4, -0.2) is 29.2 Å². The molecule has 0 unspecified atom stereocenters. The molecule has 4 nitrogen and oxygen atoms in total. The lowest BCUT2D eigenvalue weighted by Gasteiger charge is -2.10. The molecule has 1 heterocycles. The van der Waals surface area contributed by atoms with Gasteiger partial charge in [0, 0.05) is 24.5 Å². The Hall–Kier alpha value is -1.16. The topological polar surface area (TPSA) is 47.0 Å². The van der Waals surface area contributed by atoms with Crippen molar-refractivity contribution in [2.45, 2.75) is 59.5 Å². The number of anilines is 1. The summed E-state index contributed by atoms with van der Waals surface area (Å²) in [6.45, 7) is 12.1. The number of nitrogens with zero attached hydrogens (tertiary/aromatic N) is 2. The zero-order valence-electron chi connectivity index (χ0n) is 12.9. The molecule has 0 bridgehead atoms. The molecule has 1 aromatic heterocycles. The fourth-order valence-corrected chi connectivity index (χ4v) is 1.71. The summed E-state index contributed by atoms with van der Waals surface area (Å²) in [6, 6.07) is 2.05. The fourth-order valence-electron chi connectivity index (χ4n) is 1.71. The van der Waals surface area contributed by atoms with Crippen LogP contribution < -0.4 is 5.32 Å². The van der Waals surface area contributed by atoms with E-state index in [9.17, 15) is 0 Å². The lowest BCUT2D eigenvalue weighted by molar-refractivity contribution is 0.0765. The van der Waals surface area contributed by atoms with Crippen molar-refractivity contribution in [3.05, 3.63) is 17.5 Å². The van der Waals surface area contributed by atoms with Gasteiger partial charge in [-0.05, 0) is 45.6 Å². The zero-order chi connectivity index (χ0) is 14.3. The lowest BCUT2D eigenvalue weighted by atomic mass is 10.1. The second-order valence-corrected chi connectivity index (χ2v) is 5.47. The SMILES string of the molecule is Cc1cc(C(C)C)nc(NCCCCOC(C)C)n1. The van der Waals surface area contributed by atoms with Crippen LogP contribution in [0.5, 0.6) is 0 Å². The molecule has 19 heavy (non-hydrogen) atoms. The van der Waals surface area contributed by atoms with Gasteiger partial charge in [-0.3, -0.25) is 0 Å². The number of aryl methyl sites for hydroxylation is 1. The minimum atomic E-state index is 0.321. The van der Waals surface area contributed by atoms with Crippen LogP contribution >= 0.6 is 0 Å². The predicted molar refractivity (Wildman–Crippen MR) is 79.7 cm³/mol. The monoisotopic (exact) mass is 265 g/mol. The standard InChI is InChI=1S/C15H27N3O/c1-11(2)14-10-13(5)17-15(18-14)16-8-6-7-9-19-12(3)4/h10-12H,6-9H2,1-5H3,(H,16,17,18). The predicted octanol–water partition coefficient (Wildman–Crippen LogP) is 3.53. The van der Waals surface area contributed by atoms with Crippen molar-refractivity contribution in [1.82, 2.24) is 9.97 Å². The van der Waals surface area contributed by atoms with Gasteiger partial charge in [0.1, 0.15) is 0 Å². The molecule has 0 spiro atoms. The van der Waals surface area contributed by atoms with Gasteiger partial charge in [-0.1, -0.05) is 13.8 Å². The number of hydrogen-bond donors (Lipinski definition) is 1. The Balaban J connectivity index is 2.33. The number of rotatable bonds is 8. The maximum Gasteiger partial charge on any atom is 0.223 e. The first-order valence-electron chi connectivity index (χ1n) is 7.20. The van der Waals surface area contributed by atoms with E-state index in [4.69, 9.17) is 4.74 Å². The molecule has 1 rings (SSSR count). The van der Waals surface area contributed by atoms with Crippen LogP contribution in [0.4, 0.5) is 5.95 Å². The number of ether oxygens (including phenoxy) is 1. The molecule has 0 amide bonds. The van der Waals surface area contributed by atoms with E-state index in [1.165, 1.54) is 0 Å². The van der Waals surface area contributed by atoms with Gasteiger partial charge in [0.2, 0.25) is 5.95 Å². The molecule has 0 fully saturated rings. The van der Waals surface area contributed by atoms with Crippen molar-refractivity contribution < 1.29 is 4.74 Å². The van der Waals surface area contributed by atoms with Crippen LogP contribution in [0.25, 0.3) is 0 Å². The van der Waals surface area contributed by atoms with Gasteiger partial charge in [-0.2, -0.15) is 0 Å². The molecule has 0 aliphatic rings. The van der Waals surface area contributed by atoms with Crippen molar-refractivity contribution >= 4 is 5.95 Å². The van der Waals surface area contributed by atoms with Gasteiger partial charge in [0.05, 0.1) is 6.10 Å². The largest absolute Gasteiger partial charge is 0.379 e. The summed E-state index contributed by atoms with van der Waals surface area (Å²) in [6.07, 6.45) is 2.45. The molecule has 108 valence electrons. The molecule has 1 aromatic rings. The van der Waals surface area contributed by atoms with Crippen LogP contribution in [0, 0.1) is 6.92 Å². The number of hydrogen-bond acceptors (Lipinski definition) is 4. The summed E-state index contributed by atoms with van der Waals surface area (Å²) in [4.78, 5) is 8.93. The molecular formula is C15H27N3O. The minimum Gasteiger partial charge on any atom is -0.379 e. The van der Waals surface area contributed by atoms with Crippen LogP contribution in [0.15, 0.2) is 6.07 Å². The normalized spacial score (nSPS) is 11.3. The molecule has 0 aliphatic heterocycles. The van der Waals surface area contributed by atoms with Crippen molar-refractivity contribution in [1.29, 1.82) is 0 Å². The Kier molecular flexibility index (Phi) is 6.78. The molecule has 0 aliphatic carbocycles. The van der Waals surface area contributed by atoms with Gasteiger partial charge in [-0.25, -0.2) is 9.97 Å². The van der Waals surface area contributed by atoms with Crippen LogP contribution in [0.3, 0.4) is 0 Å². The second-order valence-electron chi connectivity index (χ2n) is 5.47. The highest BCUT2D eigenvalue weighted by atomic mass is 16.5. The third-order valence-electron chi connectivity index (χ3n) is 2.77. The Morgan fingerprint density at radius 3 is 2.53 bits per heavy atom. The zero-order valence-corrected chi connectivity index (χ0v) is 12.9. The second kappa shape index (κ2) is 8.10. The van der Waals surface area contributed by atoms with E-state index in [1.807, 2.05) is 13.0 Å². The van der Waals surface area contributed by atoms with E-state index in [0.717, 1.165) is 43.3 Å². The van der Waals surface area contributed by atoms with E-state index >= 15 is 0 Å². The van der Waals surface area contributed by atoms with Gasteiger partial charge >= 0.3 is 0 Å². The summed E-state index contributed by atoms with van der Waals surface area (Å²) < 4.78 is 5.50. The summed E-state index contributed by atoms with van der Waals surface area (Å²) in [5.74, 6) is 1.18. The quantitative estimate of drug-likeness (QED) is 0.730. The average molecular weight is 265 g/mol. The number of nitrogens with one attached hydrogen (secondary N) is 1. The fraction of sp³-hybridized carbons (Fsp3) is 0.733. The van der Waals surface area contributed by atoms with E-state index in [1.54, 1.807) is 0 Å². The third-order valence-corrected chi connectivity index (χ3v) is 2.77. The maximum absolute atomic E-state index is 5.50. The first-order valence-corrected chi connectivity index (χ1v) is 7.20. The Morgan fingerprint density at radius 1 is 1.16 bits per heavy atom. The van der Waals surface area contributed by atoms with Crippen LogP contribution in [-0.2, 0) is 4.74 Å². The first kappa shape index (κ1) is 15.9. The first-order chi connectivity index (χ1) is 8.99. The minimum absolute atomic E-state index is 0.321. The van der Waals surface area contributed by atoms with E-state index < -0.39 is 0 Å². The smallest absolute Gasteiger partial charge is 0.223 e. The molecule has 0 radical (unpaired) electrons. The maximum atomic E-state index is 5.50. The van der Waals surface area contributed by atoms with Crippen molar-refractivity contribution in [2.24, 2.45) is 0 Å². The van der Waals surface area contributed by atoms with Crippen LogP contribution in [0.1, 0.15) is 57.8 Å².